The van der Waals surface area contributed by atoms with Crippen molar-refractivity contribution in [1.82, 2.24) is 30.4 Å². The smallest absolute Gasteiger partial charge is 0.191 e. The monoisotopic (exact) mass is 411 g/mol. The van der Waals surface area contributed by atoms with Crippen molar-refractivity contribution in [3.8, 4) is 5.82 Å². The average molecular weight is 412 g/mol. The van der Waals surface area contributed by atoms with Crippen LogP contribution in [0.15, 0.2) is 29.4 Å². The number of nitrogens with zero attached hydrogens (tertiary/aromatic N) is 5. The zero-order valence-electron chi connectivity index (χ0n) is 17.8. The molecule has 0 saturated carbocycles. The second-order valence-corrected chi connectivity index (χ2v) is 8.27. The SMILES string of the molecule is CCNC(=NCc1ccc(-n2nc(C)cc2C)nc1)NCCc1nc(C)c(C)s1. The third kappa shape index (κ3) is 5.63. The average Bonchev–Trinajstić information content (AvgIpc) is 3.20. The van der Waals surface area contributed by atoms with Crippen LogP contribution in [0, 0.1) is 27.7 Å². The number of hydrogen-bond donors (Lipinski definition) is 2. The van der Waals surface area contributed by atoms with E-state index in [1.54, 1.807) is 11.3 Å². The van der Waals surface area contributed by atoms with Crippen molar-refractivity contribution in [1.29, 1.82) is 0 Å². The predicted molar refractivity (Wildman–Crippen MR) is 119 cm³/mol. The highest BCUT2D eigenvalue weighted by Gasteiger charge is 2.06. The molecule has 3 aromatic rings. The lowest BCUT2D eigenvalue weighted by Crippen LogP contribution is -2.38. The highest BCUT2D eigenvalue weighted by molar-refractivity contribution is 7.11. The van der Waals surface area contributed by atoms with Gasteiger partial charge < -0.3 is 10.6 Å². The molecule has 3 heterocycles. The number of aliphatic imine (C=N–C) groups is 1. The maximum absolute atomic E-state index is 4.68. The van der Waals surface area contributed by atoms with Gasteiger partial charge in [-0.15, -0.1) is 11.3 Å². The Hall–Kier alpha value is -2.74. The van der Waals surface area contributed by atoms with Crippen LogP contribution in [-0.4, -0.2) is 38.8 Å². The van der Waals surface area contributed by atoms with Crippen molar-refractivity contribution < 1.29 is 0 Å². The predicted octanol–water partition coefficient (Wildman–Crippen LogP) is 3.26. The van der Waals surface area contributed by atoms with Crippen LogP contribution in [-0.2, 0) is 13.0 Å². The Bertz CT molecular complexity index is 950. The quantitative estimate of drug-likeness (QED) is 0.461. The van der Waals surface area contributed by atoms with E-state index in [1.165, 1.54) is 4.88 Å². The molecule has 3 rings (SSSR count). The van der Waals surface area contributed by atoms with Crippen molar-refractivity contribution in [2.45, 2.75) is 47.6 Å². The summed E-state index contributed by atoms with van der Waals surface area (Å²) in [5.41, 5.74) is 4.24. The normalized spacial score (nSPS) is 11.7. The van der Waals surface area contributed by atoms with Crippen molar-refractivity contribution in [2.24, 2.45) is 4.99 Å². The number of pyridine rings is 1. The number of rotatable bonds is 7. The fourth-order valence-electron chi connectivity index (χ4n) is 2.94. The maximum Gasteiger partial charge on any atom is 0.191 e. The van der Waals surface area contributed by atoms with E-state index >= 15 is 0 Å². The molecule has 0 aromatic carbocycles. The third-order valence-electron chi connectivity index (χ3n) is 4.50. The standard InChI is InChI=1S/C21H29N7S/c1-6-22-21(23-10-9-20-26-16(4)17(5)29-20)25-13-18-7-8-19(24-12-18)28-15(3)11-14(2)27-28/h7-8,11-12H,6,9-10,13H2,1-5H3,(H2,22,23,25). The highest BCUT2D eigenvalue weighted by Crippen LogP contribution is 2.16. The summed E-state index contributed by atoms with van der Waals surface area (Å²) in [7, 11) is 0. The van der Waals surface area contributed by atoms with Crippen LogP contribution in [0.25, 0.3) is 5.82 Å². The molecule has 0 atom stereocenters. The van der Waals surface area contributed by atoms with Crippen LogP contribution in [0.4, 0.5) is 0 Å². The molecular weight excluding hydrogens is 382 g/mol. The van der Waals surface area contributed by atoms with Crippen molar-refractivity contribution in [3.05, 3.63) is 56.9 Å². The first kappa shape index (κ1) is 21.0. The summed E-state index contributed by atoms with van der Waals surface area (Å²) in [6, 6.07) is 6.08. The zero-order chi connectivity index (χ0) is 20.8. The molecule has 29 heavy (non-hydrogen) atoms. The number of guanidine groups is 1. The van der Waals surface area contributed by atoms with E-state index in [4.69, 9.17) is 0 Å². The van der Waals surface area contributed by atoms with E-state index in [9.17, 15) is 0 Å². The molecule has 2 N–H and O–H groups in total. The lowest BCUT2D eigenvalue weighted by Gasteiger charge is -2.10. The number of hydrogen-bond acceptors (Lipinski definition) is 5. The molecule has 0 fully saturated rings. The first-order chi connectivity index (χ1) is 14.0. The first-order valence-electron chi connectivity index (χ1n) is 9.90. The van der Waals surface area contributed by atoms with Crippen LogP contribution >= 0.6 is 11.3 Å². The fourth-order valence-corrected chi connectivity index (χ4v) is 3.88. The van der Waals surface area contributed by atoms with E-state index < -0.39 is 0 Å². The van der Waals surface area contributed by atoms with E-state index in [0.717, 1.165) is 58.9 Å². The summed E-state index contributed by atoms with van der Waals surface area (Å²) < 4.78 is 1.86. The molecule has 8 heteroatoms. The van der Waals surface area contributed by atoms with Crippen LogP contribution in [0.1, 0.15) is 39.5 Å². The number of nitrogens with one attached hydrogen (secondary N) is 2. The van der Waals surface area contributed by atoms with Crippen LogP contribution in [0.3, 0.4) is 0 Å². The Morgan fingerprint density at radius 3 is 2.59 bits per heavy atom. The minimum Gasteiger partial charge on any atom is -0.357 e. The van der Waals surface area contributed by atoms with E-state index in [0.29, 0.717) is 6.54 Å². The van der Waals surface area contributed by atoms with Crippen molar-refractivity contribution in [3.63, 3.8) is 0 Å². The summed E-state index contributed by atoms with van der Waals surface area (Å²) in [4.78, 5) is 15.1. The second kappa shape index (κ2) is 9.65. The first-order valence-corrected chi connectivity index (χ1v) is 10.7. The lowest BCUT2D eigenvalue weighted by molar-refractivity contribution is 0.791. The molecule has 0 amide bonds. The molecule has 0 aliphatic rings. The van der Waals surface area contributed by atoms with E-state index in [1.807, 2.05) is 42.9 Å². The van der Waals surface area contributed by atoms with Crippen molar-refractivity contribution >= 4 is 17.3 Å². The second-order valence-electron chi connectivity index (χ2n) is 6.98. The van der Waals surface area contributed by atoms with Crippen LogP contribution in [0.2, 0.25) is 0 Å². The van der Waals surface area contributed by atoms with Gasteiger partial charge in [-0.25, -0.2) is 19.6 Å². The minimum absolute atomic E-state index is 0.565. The van der Waals surface area contributed by atoms with E-state index in [-0.39, 0.29) is 0 Å². The number of thiazole rings is 1. The summed E-state index contributed by atoms with van der Waals surface area (Å²) in [5, 5.41) is 12.3. The van der Waals surface area contributed by atoms with Gasteiger partial charge in [-0.3, -0.25) is 0 Å². The van der Waals surface area contributed by atoms with Gasteiger partial charge in [-0.2, -0.15) is 5.10 Å². The molecule has 3 aromatic heterocycles. The molecule has 0 spiro atoms. The molecule has 0 aliphatic carbocycles. The third-order valence-corrected chi connectivity index (χ3v) is 5.64. The topological polar surface area (TPSA) is 80.0 Å². The molecule has 0 saturated heterocycles. The Morgan fingerprint density at radius 1 is 1.17 bits per heavy atom. The van der Waals surface area contributed by atoms with Crippen LogP contribution in [0.5, 0.6) is 0 Å². The van der Waals surface area contributed by atoms with Crippen molar-refractivity contribution in [2.75, 3.05) is 13.1 Å². The lowest BCUT2D eigenvalue weighted by atomic mass is 10.3. The van der Waals surface area contributed by atoms with Gasteiger partial charge in [-0.05, 0) is 52.3 Å². The Labute approximate surface area is 176 Å². The molecule has 0 aliphatic heterocycles. The largest absolute Gasteiger partial charge is 0.357 e. The Balaban J connectivity index is 1.58. The highest BCUT2D eigenvalue weighted by atomic mass is 32.1. The molecular formula is C21H29N7S. The van der Waals surface area contributed by atoms with Gasteiger partial charge in [0.1, 0.15) is 0 Å². The van der Waals surface area contributed by atoms with Gasteiger partial charge in [0.15, 0.2) is 11.8 Å². The Kier molecular flexibility index (Phi) is 6.98. The zero-order valence-corrected chi connectivity index (χ0v) is 18.6. The van der Waals surface area contributed by atoms with Gasteiger partial charge in [-0.1, -0.05) is 6.07 Å². The minimum atomic E-state index is 0.565. The number of aryl methyl sites for hydroxylation is 4. The maximum atomic E-state index is 4.68. The van der Waals surface area contributed by atoms with Gasteiger partial charge in [0, 0.05) is 36.3 Å². The fraction of sp³-hybridized carbons (Fsp3) is 0.429. The Morgan fingerprint density at radius 2 is 2.00 bits per heavy atom. The molecule has 0 radical (unpaired) electrons. The van der Waals surface area contributed by atoms with E-state index in [2.05, 4.69) is 51.5 Å². The van der Waals surface area contributed by atoms with Crippen LogP contribution < -0.4 is 10.6 Å². The number of aromatic nitrogens is 4. The van der Waals surface area contributed by atoms with Gasteiger partial charge >= 0.3 is 0 Å². The molecule has 154 valence electrons. The summed E-state index contributed by atoms with van der Waals surface area (Å²) in [6.07, 6.45) is 2.75. The molecule has 7 nitrogen and oxygen atoms in total. The summed E-state index contributed by atoms with van der Waals surface area (Å²) in [6.45, 7) is 12.4. The van der Waals surface area contributed by atoms with Gasteiger partial charge in [0.2, 0.25) is 0 Å². The summed E-state index contributed by atoms with van der Waals surface area (Å²) >= 11 is 1.76. The molecule has 0 unspecified atom stereocenters. The summed E-state index contributed by atoms with van der Waals surface area (Å²) in [5.74, 6) is 1.63. The van der Waals surface area contributed by atoms with Gasteiger partial charge in [0.25, 0.3) is 0 Å². The van der Waals surface area contributed by atoms with Gasteiger partial charge in [0.05, 0.1) is 22.9 Å². The molecule has 0 bridgehead atoms.